The summed E-state index contributed by atoms with van der Waals surface area (Å²) in [6.07, 6.45) is 1.68. The van der Waals surface area contributed by atoms with Gasteiger partial charge in [-0.25, -0.2) is 0 Å². The molecule has 1 rings (SSSR count). The Bertz CT molecular complexity index is 210. The fourth-order valence-corrected chi connectivity index (χ4v) is 0.488. The van der Waals surface area contributed by atoms with Crippen LogP contribution in [0, 0.1) is 6.92 Å². The highest BCUT2D eigenvalue weighted by Crippen LogP contribution is 1.84. The second-order valence-electron chi connectivity index (χ2n) is 1.73. The third-order valence-electron chi connectivity index (χ3n) is 0.940. The molecule has 3 heteroatoms. The molecule has 0 aliphatic carbocycles. The fourth-order valence-electron chi connectivity index (χ4n) is 0.488. The van der Waals surface area contributed by atoms with E-state index in [9.17, 15) is 4.79 Å². The topological polar surface area (TPSA) is 32.9 Å². The van der Waals surface area contributed by atoms with E-state index in [-0.39, 0.29) is 29.5 Å². The molecule has 0 aliphatic heterocycles. The van der Waals surface area contributed by atoms with Crippen LogP contribution in [0.1, 0.15) is 5.56 Å². The van der Waals surface area contributed by atoms with Gasteiger partial charge < -0.3 is 4.98 Å². The van der Waals surface area contributed by atoms with E-state index in [2.05, 4.69) is 4.98 Å². The fraction of sp³-hybridized carbons (Fsp3) is 0.167. The average Bonchev–Trinajstić information content (AvgIpc) is 1.77. The molecule has 0 fully saturated rings. The zero-order chi connectivity index (χ0) is 5.98. The van der Waals surface area contributed by atoms with Gasteiger partial charge in [-0.1, -0.05) is 6.07 Å². The van der Waals surface area contributed by atoms with Crippen molar-refractivity contribution >= 4 is 24.0 Å². The lowest BCUT2D eigenvalue weighted by molar-refractivity contribution is 1.20. The Kier molecular flexibility index (Phi) is 3.53. The maximum Gasteiger partial charge on any atom is 0.247 e. The average molecular weight is 237 g/mol. The van der Waals surface area contributed by atoms with Gasteiger partial charge in [-0.05, 0) is 12.5 Å². The quantitative estimate of drug-likeness (QED) is 0.678. The standard InChI is InChI=1S/C6H7NO.HI/c1-5-2-3-6(8)7-4-5;/h2-4H,1H3,(H,7,8);1H. The van der Waals surface area contributed by atoms with Crippen molar-refractivity contribution in [3.8, 4) is 0 Å². The minimum Gasteiger partial charge on any atom is -0.329 e. The molecule has 0 aliphatic rings. The van der Waals surface area contributed by atoms with E-state index in [1.807, 2.05) is 6.92 Å². The summed E-state index contributed by atoms with van der Waals surface area (Å²) in [5, 5.41) is 0. The third-order valence-corrected chi connectivity index (χ3v) is 0.940. The first kappa shape index (κ1) is 8.68. The summed E-state index contributed by atoms with van der Waals surface area (Å²) in [6, 6.07) is 3.29. The predicted octanol–water partition coefficient (Wildman–Crippen LogP) is 1.30. The molecular formula is C6H8INO. The molecule has 0 bridgehead atoms. The van der Waals surface area contributed by atoms with E-state index >= 15 is 0 Å². The number of nitrogens with one attached hydrogen (secondary N) is 1. The molecule has 2 nitrogen and oxygen atoms in total. The summed E-state index contributed by atoms with van der Waals surface area (Å²) in [4.78, 5) is 12.9. The summed E-state index contributed by atoms with van der Waals surface area (Å²) in [6.45, 7) is 1.93. The molecule has 1 aromatic heterocycles. The van der Waals surface area contributed by atoms with Crippen molar-refractivity contribution < 1.29 is 0 Å². The van der Waals surface area contributed by atoms with E-state index in [1.165, 1.54) is 6.07 Å². The highest BCUT2D eigenvalue weighted by atomic mass is 127. The predicted molar refractivity (Wildman–Crippen MR) is 47.2 cm³/mol. The van der Waals surface area contributed by atoms with Gasteiger partial charge in [-0.15, -0.1) is 24.0 Å². The number of aromatic nitrogens is 1. The molecule has 0 saturated carbocycles. The van der Waals surface area contributed by atoms with Crippen molar-refractivity contribution in [1.82, 2.24) is 4.98 Å². The second kappa shape index (κ2) is 3.66. The van der Waals surface area contributed by atoms with E-state index in [0.717, 1.165) is 5.56 Å². The van der Waals surface area contributed by atoms with Crippen molar-refractivity contribution in [2.75, 3.05) is 0 Å². The minimum absolute atomic E-state index is 0. The highest BCUT2D eigenvalue weighted by molar-refractivity contribution is 14.0. The van der Waals surface area contributed by atoms with Crippen molar-refractivity contribution in [2.24, 2.45) is 0 Å². The maximum atomic E-state index is 10.4. The molecule has 0 aromatic carbocycles. The molecule has 0 amide bonds. The van der Waals surface area contributed by atoms with Crippen LogP contribution in [-0.2, 0) is 0 Å². The lowest BCUT2D eigenvalue weighted by Crippen LogP contribution is -2.00. The van der Waals surface area contributed by atoms with Crippen LogP contribution in [0.2, 0.25) is 0 Å². The Morgan fingerprint density at radius 2 is 2.11 bits per heavy atom. The number of rotatable bonds is 0. The Balaban J connectivity index is 0.000000640. The Hall–Kier alpha value is -0.320. The van der Waals surface area contributed by atoms with Crippen LogP contribution in [-0.4, -0.2) is 4.98 Å². The smallest absolute Gasteiger partial charge is 0.247 e. The van der Waals surface area contributed by atoms with Crippen LogP contribution < -0.4 is 5.56 Å². The molecule has 1 heterocycles. The molecular weight excluding hydrogens is 229 g/mol. The van der Waals surface area contributed by atoms with Gasteiger partial charge in [0.15, 0.2) is 0 Å². The number of aryl methyl sites for hydroxylation is 1. The Morgan fingerprint density at radius 3 is 2.44 bits per heavy atom. The summed E-state index contributed by atoms with van der Waals surface area (Å²) in [5.41, 5.74) is 1.03. The SMILES string of the molecule is Cc1ccc(=O)[nH]c1.I. The molecule has 0 saturated heterocycles. The first-order valence-corrected chi connectivity index (χ1v) is 2.44. The van der Waals surface area contributed by atoms with Gasteiger partial charge in [0.1, 0.15) is 0 Å². The number of pyridine rings is 1. The molecule has 0 spiro atoms. The van der Waals surface area contributed by atoms with Crippen LogP contribution >= 0.6 is 24.0 Å². The number of hydrogen-bond donors (Lipinski definition) is 1. The normalized spacial score (nSPS) is 8.11. The summed E-state index contributed by atoms with van der Waals surface area (Å²) in [5.74, 6) is 0. The van der Waals surface area contributed by atoms with Gasteiger partial charge in [0.05, 0.1) is 0 Å². The van der Waals surface area contributed by atoms with E-state index in [0.29, 0.717) is 0 Å². The number of H-pyrrole nitrogens is 1. The van der Waals surface area contributed by atoms with Crippen LogP contribution in [0.15, 0.2) is 23.1 Å². The summed E-state index contributed by atoms with van der Waals surface area (Å²) in [7, 11) is 0. The Morgan fingerprint density at radius 1 is 1.44 bits per heavy atom. The van der Waals surface area contributed by atoms with Gasteiger partial charge in [-0.3, -0.25) is 4.79 Å². The van der Waals surface area contributed by atoms with Crippen molar-refractivity contribution in [3.05, 3.63) is 34.2 Å². The van der Waals surface area contributed by atoms with Crippen molar-refractivity contribution in [2.45, 2.75) is 6.92 Å². The maximum absolute atomic E-state index is 10.4. The second-order valence-corrected chi connectivity index (χ2v) is 1.73. The van der Waals surface area contributed by atoms with E-state index < -0.39 is 0 Å². The molecule has 50 valence electrons. The van der Waals surface area contributed by atoms with Crippen LogP contribution in [0.4, 0.5) is 0 Å². The van der Waals surface area contributed by atoms with Crippen LogP contribution in [0.25, 0.3) is 0 Å². The van der Waals surface area contributed by atoms with Gasteiger partial charge in [0, 0.05) is 12.3 Å². The monoisotopic (exact) mass is 237 g/mol. The van der Waals surface area contributed by atoms with Crippen LogP contribution in [0.3, 0.4) is 0 Å². The minimum atomic E-state index is -0.0457. The molecule has 1 N–H and O–H groups in total. The third kappa shape index (κ3) is 2.64. The lowest BCUT2D eigenvalue weighted by Gasteiger charge is -1.83. The zero-order valence-electron chi connectivity index (χ0n) is 5.05. The summed E-state index contributed by atoms with van der Waals surface area (Å²) < 4.78 is 0. The van der Waals surface area contributed by atoms with E-state index in [4.69, 9.17) is 0 Å². The molecule has 9 heavy (non-hydrogen) atoms. The first-order chi connectivity index (χ1) is 3.79. The lowest BCUT2D eigenvalue weighted by atomic mass is 10.3. The number of aromatic amines is 1. The molecule has 0 atom stereocenters. The van der Waals surface area contributed by atoms with Gasteiger partial charge in [0.25, 0.3) is 0 Å². The van der Waals surface area contributed by atoms with Crippen molar-refractivity contribution in [1.29, 1.82) is 0 Å². The largest absolute Gasteiger partial charge is 0.329 e. The molecule has 0 radical (unpaired) electrons. The summed E-state index contributed by atoms with van der Waals surface area (Å²) >= 11 is 0. The number of hydrogen-bond acceptors (Lipinski definition) is 1. The number of halogens is 1. The first-order valence-electron chi connectivity index (χ1n) is 2.44. The van der Waals surface area contributed by atoms with Gasteiger partial charge in [-0.2, -0.15) is 0 Å². The van der Waals surface area contributed by atoms with Gasteiger partial charge in [0.2, 0.25) is 5.56 Å². The Labute approximate surface area is 70.3 Å². The van der Waals surface area contributed by atoms with Crippen LogP contribution in [0.5, 0.6) is 0 Å². The molecule has 0 unspecified atom stereocenters. The highest BCUT2D eigenvalue weighted by Gasteiger charge is 1.78. The van der Waals surface area contributed by atoms with Crippen molar-refractivity contribution in [3.63, 3.8) is 0 Å². The molecule has 1 aromatic rings. The van der Waals surface area contributed by atoms with Gasteiger partial charge >= 0.3 is 0 Å². The van der Waals surface area contributed by atoms with E-state index in [1.54, 1.807) is 12.3 Å². The zero-order valence-corrected chi connectivity index (χ0v) is 7.38.